The Balaban J connectivity index is 1.67. The van der Waals surface area contributed by atoms with Crippen molar-refractivity contribution in [3.63, 3.8) is 0 Å². The van der Waals surface area contributed by atoms with E-state index in [0.29, 0.717) is 37.2 Å². The number of benzene rings is 2. The molecule has 0 atom stereocenters. The number of nitrogens with one attached hydrogen (secondary N) is 3. The van der Waals surface area contributed by atoms with Crippen LogP contribution in [0.2, 0.25) is 0 Å². The van der Waals surface area contributed by atoms with Gasteiger partial charge in [-0.25, -0.2) is 18.4 Å². The maximum Gasteiger partial charge on any atom is 0.229 e. The minimum absolute atomic E-state index is 0.307. The van der Waals surface area contributed by atoms with Crippen molar-refractivity contribution < 1.29 is 12.8 Å². The highest BCUT2D eigenvalue weighted by Gasteiger charge is 2.09. The van der Waals surface area contributed by atoms with Crippen LogP contribution < -0.4 is 15.4 Å². The Morgan fingerprint density at radius 3 is 2.55 bits per heavy atom. The quantitative estimate of drug-likeness (QED) is 0.366. The molecule has 1 aromatic heterocycles. The number of oxazole rings is 1. The number of hydrogen-bond acceptors (Lipinski definition) is 5. The van der Waals surface area contributed by atoms with Gasteiger partial charge in [0.25, 0.3) is 0 Å². The lowest BCUT2D eigenvalue weighted by Crippen LogP contribution is -2.36. The molecule has 9 heteroatoms. The maximum atomic E-state index is 11.6. The molecule has 0 amide bonds. The van der Waals surface area contributed by atoms with Gasteiger partial charge in [0.1, 0.15) is 6.26 Å². The molecule has 0 spiro atoms. The monoisotopic (exact) mass is 441 g/mol. The van der Waals surface area contributed by atoms with Gasteiger partial charge in [0.15, 0.2) is 5.96 Å². The molecule has 3 N–H and O–H groups in total. The summed E-state index contributed by atoms with van der Waals surface area (Å²) in [6.45, 7) is 5.43. The molecule has 3 aromatic rings. The number of aliphatic imine (C=N–C) groups is 1. The number of aromatic nitrogens is 1. The topological polar surface area (TPSA) is 109 Å². The lowest BCUT2D eigenvalue weighted by molar-refractivity contribution is 0.572. The fraction of sp³-hybridized carbons (Fsp3) is 0.273. The molecule has 0 saturated heterocycles. The Morgan fingerprint density at radius 1 is 1.10 bits per heavy atom. The summed E-state index contributed by atoms with van der Waals surface area (Å²) in [5.74, 6) is 1.16. The summed E-state index contributed by atoms with van der Waals surface area (Å²) < 4.78 is 31.3. The zero-order valence-corrected chi connectivity index (χ0v) is 18.7. The second-order valence-electron chi connectivity index (χ2n) is 7.09. The van der Waals surface area contributed by atoms with Gasteiger partial charge in [-0.1, -0.05) is 35.9 Å². The smallest absolute Gasteiger partial charge is 0.229 e. The van der Waals surface area contributed by atoms with Crippen molar-refractivity contribution >= 4 is 21.7 Å². The first-order chi connectivity index (χ1) is 14.8. The van der Waals surface area contributed by atoms with Crippen LogP contribution in [0, 0.1) is 6.92 Å². The van der Waals surface area contributed by atoms with E-state index in [2.05, 4.69) is 25.3 Å². The third kappa shape index (κ3) is 6.85. The molecule has 0 bridgehead atoms. The molecule has 164 valence electrons. The van der Waals surface area contributed by atoms with Crippen LogP contribution >= 0.6 is 0 Å². The third-order valence-corrected chi connectivity index (χ3v) is 4.94. The van der Waals surface area contributed by atoms with E-state index in [1.807, 2.05) is 50.2 Å². The molecule has 0 aliphatic carbocycles. The third-order valence-electron chi connectivity index (χ3n) is 4.35. The summed E-state index contributed by atoms with van der Waals surface area (Å²) in [5.41, 5.74) is 4.14. The first-order valence-electron chi connectivity index (χ1n) is 9.93. The highest BCUT2D eigenvalue weighted by atomic mass is 32.2. The predicted molar refractivity (Wildman–Crippen MR) is 123 cm³/mol. The average Bonchev–Trinajstić information content (AvgIpc) is 3.19. The average molecular weight is 442 g/mol. The van der Waals surface area contributed by atoms with Crippen molar-refractivity contribution in [2.24, 2.45) is 4.99 Å². The summed E-state index contributed by atoms with van der Waals surface area (Å²) >= 11 is 0. The van der Waals surface area contributed by atoms with Crippen LogP contribution in [0.5, 0.6) is 0 Å². The second-order valence-corrected chi connectivity index (χ2v) is 8.84. The summed E-state index contributed by atoms with van der Waals surface area (Å²) in [6, 6.07) is 15.2. The normalized spacial score (nSPS) is 11.9. The summed E-state index contributed by atoms with van der Waals surface area (Å²) in [6.07, 6.45) is 2.75. The van der Waals surface area contributed by atoms with Crippen molar-refractivity contribution in [3.05, 3.63) is 71.6 Å². The molecule has 3 rings (SSSR count). The standard InChI is InChI=1S/C22H27N5O3S/c1-4-23-22(24-13-18-7-5-6-8-20(18)27-31(3,28)29)25-14-19-15-30-21(26-19)17-11-9-16(2)10-12-17/h5-12,15,27H,4,13-14H2,1-3H3,(H2,23,24,25). The van der Waals surface area contributed by atoms with E-state index in [1.165, 1.54) is 5.56 Å². The van der Waals surface area contributed by atoms with E-state index in [9.17, 15) is 8.42 Å². The number of sulfonamides is 1. The summed E-state index contributed by atoms with van der Waals surface area (Å²) in [7, 11) is -3.37. The molecule has 2 aromatic carbocycles. The van der Waals surface area contributed by atoms with Gasteiger partial charge < -0.3 is 15.1 Å². The molecule has 0 aliphatic rings. The zero-order chi connectivity index (χ0) is 22.3. The second kappa shape index (κ2) is 10.1. The molecule has 0 fully saturated rings. The molecule has 0 saturated carbocycles. The first kappa shape index (κ1) is 22.4. The number of hydrogen-bond donors (Lipinski definition) is 3. The Morgan fingerprint density at radius 2 is 1.84 bits per heavy atom. The van der Waals surface area contributed by atoms with E-state index in [-0.39, 0.29) is 0 Å². The van der Waals surface area contributed by atoms with E-state index in [1.54, 1.807) is 18.4 Å². The maximum absolute atomic E-state index is 11.6. The van der Waals surface area contributed by atoms with Gasteiger partial charge in [0.2, 0.25) is 15.9 Å². The summed E-state index contributed by atoms with van der Waals surface area (Å²) in [5, 5.41) is 6.40. The Kier molecular flexibility index (Phi) is 7.30. The Hall–Kier alpha value is -3.33. The number of para-hydroxylation sites is 1. The lowest BCUT2D eigenvalue weighted by atomic mass is 10.1. The van der Waals surface area contributed by atoms with Gasteiger partial charge in [-0.15, -0.1) is 0 Å². The molecule has 0 unspecified atom stereocenters. The van der Waals surface area contributed by atoms with Crippen molar-refractivity contribution in [3.8, 4) is 11.5 Å². The van der Waals surface area contributed by atoms with Gasteiger partial charge in [-0.3, -0.25) is 4.72 Å². The van der Waals surface area contributed by atoms with Crippen LogP contribution in [0.1, 0.15) is 23.7 Å². The number of aryl methyl sites for hydroxylation is 1. The van der Waals surface area contributed by atoms with Crippen LogP contribution in [-0.2, 0) is 23.1 Å². The van der Waals surface area contributed by atoms with Gasteiger partial charge in [-0.2, -0.15) is 0 Å². The van der Waals surface area contributed by atoms with Crippen molar-refractivity contribution in [1.29, 1.82) is 0 Å². The van der Waals surface area contributed by atoms with Gasteiger partial charge in [-0.05, 0) is 37.6 Å². The summed E-state index contributed by atoms with van der Waals surface area (Å²) in [4.78, 5) is 9.09. The van der Waals surface area contributed by atoms with E-state index < -0.39 is 10.0 Å². The minimum Gasteiger partial charge on any atom is -0.444 e. The molecular formula is C22H27N5O3S. The minimum atomic E-state index is -3.37. The molecular weight excluding hydrogens is 414 g/mol. The van der Waals surface area contributed by atoms with Crippen LogP contribution in [0.15, 0.2) is 64.2 Å². The lowest BCUT2D eigenvalue weighted by Gasteiger charge is -2.12. The van der Waals surface area contributed by atoms with E-state index in [4.69, 9.17) is 4.42 Å². The van der Waals surface area contributed by atoms with Crippen molar-refractivity contribution in [2.45, 2.75) is 26.9 Å². The van der Waals surface area contributed by atoms with E-state index >= 15 is 0 Å². The van der Waals surface area contributed by atoms with Gasteiger partial charge in [0, 0.05) is 12.1 Å². The van der Waals surface area contributed by atoms with Crippen molar-refractivity contribution in [2.75, 3.05) is 17.5 Å². The number of rotatable bonds is 8. The number of nitrogens with zero attached hydrogens (tertiary/aromatic N) is 2. The van der Waals surface area contributed by atoms with Crippen LogP contribution in [0.3, 0.4) is 0 Å². The molecule has 31 heavy (non-hydrogen) atoms. The fourth-order valence-electron chi connectivity index (χ4n) is 2.85. The highest BCUT2D eigenvalue weighted by Crippen LogP contribution is 2.19. The first-order valence-corrected chi connectivity index (χ1v) is 11.8. The van der Waals surface area contributed by atoms with Gasteiger partial charge >= 0.3 is 0 Å². The van der Waals surface area contributed by atoms with Crippen LogP contribution in [-0.4, -0.2) is 32.2 Å². The highest BCUT2D eigenvalue weighted by molar-refractivity contribution is 7.92. The predicted octanol–water partition coefficient (Wildman–Crippen LogP) is 3.28. The van der Waals surface area contributed by atoms with Crippen LogP contribution in [0.4, 0.5) is 5.69 Å². The molecule has 8 nitrogen and oxygen atoms in total. The largest absolute Gasteiger partial charge is 0.444 e. The molecule has 0 aliphatic heterocycles. The zero-order valence-electron chi connectivity index (χ0n) is 17.8. The fourth-order valence-corrected chi connectivity index (χ4v) is 3.45. The molecule has 0 radical (unpaired) electrons. The number of guanidine groups is 1. The van der Waals surface area contributed by atoms with Crippen molar-refractivity contribution in [1.82, 2.24) is 15.6 Å². The molecule has 1 heterocycles. The Labute approximate surface area is 182 Å². The van der Waals surface area contributed by atoms with Crippen LogP contribution in [0.25, 0.3) is 11.5 Å². The van der Waals surface area contributed by atoms with E-state index in [0.717, 1.165) is 23.1 Å². The SMILES string of the molecule is CCNC(=NCc1ccccc1NS(C)(=O)=O)NCc1coc(-c2ccc(C)cc2)n1. The Bertz CT molecular complexity index is 1140. The number of anilines is 1. The van der Waals surface area contributed by atoms with Gasteiger partial charge in [0.05, 0.1) is 30.7 Å².